The molecule has 2 aliphatic rings. The van der Waals surface area contributed by atoms with Crippen LogP contribution in [0, 0.1) is 0 Å². The van der Waals surface area contributed by atoms with E-state index in [4.69, 9.17) is 0 Å². The molecule has 1 saturated heterocycles. The number of anilines is 1. The minimum Gasteiger partial charge on any atom is -0.388 e. The van der Waals surface area contributed by atoms with E-state index in [-0.39, 0.29) is 30.9 Å². The highest BCUT2D eigenvalue weighted by Crippen LogP contribution is 2.38. The van der Waals surface area contributed by atoms with E-state index >= 15 is 0 Å². The Bertz CT molecular complexity index is 1110. The van der Waals surface area contributed by atoms with E-state index in [0.29, 0.717) is 36.6 Å². The fourth-order valence-electron chi connectivity index (χ4n) is 4.67. The van der Waals surface area contributed by atoms with Crippen molar-refractivity contribution in [3.8, 4) is 0 Å². The number of aliphatic hydroxyl groups is 1. The van der Waals surface area contributed by atoms with Gasteiger partial charge in [0.25, 0.3) is 5.91 Å². The summed E-state index contributed by atoms with van der Waals surface area (Å²) in [5, 5.41) is 13.2. The number of nitrogens with one attached hydrogen (secondary N) is 2. The Balaban J connectivity index is 1.48. The lowest BCUT2D eigenvalue weighted by molar-refractivity contribution is -0.131. The number of hydrogen-bond acceptors (Lipinski definition) is 6. The molecule has 1 saturated carbocycles. The summed E-state index contributed by atoms with van der Waals surface area (Å²) in [5.41, 5.74) is -0.739. The van der Waals surface area contributed by atoms with Gasteiger partial charge in [0, 0.05) is 45.2 Å². The number of amides is 2. The summed E-state index contributed by atoms with van der Waals surface area (Å²) in [7, 11) is 0. The second-order valence-electron chi connectivity index (χ2n) is 9.82. The Morgan fingerprint density at radius 2 is 1.97 bits per heavy atom. The van der Waals surface area contributed by atoms with Gasteiger partial charge in [-0.05, 0) is 32.8 Å². The molecule has 4 rings (SSSR count). The Kier molecular flexibility index (Phi) is 6.09. The molecule has 0 aromatic carbocycles. The third-order valence-electron chi connectivity index (χ3n) is 6.77. The van der Waals surface area contributed by atoms with Crippen molar-refractivity contribution in [1.82, 2.24) is 25.2 Å². The third-order valence-corrected chi connectivity index (χ3v) is 6.77. The van der Waals surface area contributed by atoms with E-state index in [1.807, 2.05) is 18.7 Å². The van der Waals surface area contributed by atoms with Gasteiger partial charge in [0.05, 0.1) is 22.9 Å². The molecular formula is C23H30F2N6O3. The number of rotatable bonds is 5. The van der Waals surface area contributed by atoms with Crippen LogP contribution in [-0.4, -0.2) is 80.0 Å². The predicted octanol–water partition coefficient (Wildman–Crippen LogP) is 2.24. The minimum atomic E-state index is -2.77. The van der Waals surface area contributed by atoms with Crippen molar-refractivity contribution >= 4 is 28.8 Å². The molecule has 0 unspecified atom stereocenters. The molecule has 3 N–H and O–H groups in total. The number of fused-ring (bicyclic) bond motifs is 1. The van der Waals surface area contributed by atoms with Gasteiger partial charge in [-0.2, -0.15) is 0 Å². The Morgan fingerprint density at radius 1 is 1.26 bits per heavy atom. The van der Waals surface area contributed by atoms with Crippen LogP contribution >= 0.6 is 0 Å². The first-order valence-corrected chi connectivity index (χ1v) is 11.3. The van der Waals surface area contributed by atoms with Crippen LogP contribution < -0.4 is 10.2 Å². The SMILES string of the molecule is C=CC(=O)N1CCN(c2cnc3[nH]cc(C(=O)NCC4(O)CCC(F)(F)CC4)c3n2)CC1(C)C. The van der Waals surface area contributed by atoms with Crippen LogP contribution in [0.1, 0.15) is 49.9 Å². The van der Waals surface area contributed by atoms with E-state index in [1.165, 1.54) is 12.3 Å². The molecule has 184 valence electrons. The number of halogens is 2. The average Bonchev–Trinajstić information content (AvgIpc) is 3.22. The highest BCUT2D eigenvalue weighted by Gasteiger charge is 2.42. The summed E-state index contributed by atoms with van der Waals surface area (Å²) < 4.78 is 26.8. The number of carbonyl (C=O) groups is 2. The van der Waals surface area contributed by atoms with Crippen LogP contribution in [-0.2, 0) is 4.79 Å². The average molecular weight is 477 g/mol. The van der Waals surface area contributed by atoms with Gasteiger partial charge in [-0.3, -0.25) is 9.59 Å². The lowest BCUT2D eigenvalue weighted by Crippen LogP contribution is -2.61. The first-order chi connectivity index (χ1) is 15.9. The zero-order valence-electron chi connectivity index (χ0n) is 19.4. The maximum atomic E-state index is 13.4. The van der Waals surface area contributed by atoms with Crippen molar-refractivity contribution < 1.29 is 23.5 Å². The molecule has 0 bridgehead atoms. The van der Waals surface area contributed by atoms with E-state index < -0.39 is 35.8 Å². The molecule has 9 nitrogen and oxygen atoms in total. The molecule has 11 heteroatoms. The van der Waals surface area contributed by atoms with Crippen LogP contribution in [0.15, 0.2) is 25.0 Å². The minimum absolute atomic E-state index is 0.0752. The number of aromatic nitrogens is 3. The van der Waals surface area contributed by atoms with Crippen LogP contribution in [0.25, 0.3) is 11.2 Å². The summed E-state index contributed by atoms with van der Waals surface area (Å²) >= 11 is 0. The predicted molar refractivity (Wildman–Crippen MR) is 123 cm³/mol. The summed E-state index contributed by atoms with van der Waals surface area (Å²) in [5.74, 6) is -2.78. The smallest absolute Gasteiger partial charge is 0.255 e. The summed E-state index contributed by atoms with van der Waals surface area (Å²) in [6.45, 7) is 8.96. The van der Waals surface area contributed by atoms with Crippen molar-refractivity contribution in [2.45, 2.75) is 56.6 Å². The molecule has 34 heavy (non-hydrogen) atoms. The first kappa shape index (κ1) is 24.1. The normalized spacial score (nSPS) is 21.3. The van der Waals surface area contributed by atoms with Gasteiger partial charge in [0.2, 0.25) is 11.8 Å². The Hall–Kier alpha value is -3.08. The summed E-state index contributed by atoms with van der Waals surface area (Å²) in [4.78, 5) is 40.8. The van der Waals surface area contributed by atoms with Gasteiger partial charge in [-0.25, -0.2) is 18.7 Å². The van der Waals surface area contributed by atoms with Crippen LogP contribution in [0.5, 0.6) is 0 Å². The molecule has 2 aromatic rings. The number of aromatic amines is 1. The molecule has 1 aliphatic heterocycles. The van der Waals surface area contributed by atoms with Crippen molar-refractivity contribution in [3.05, 3.63) is 30.6 Å². The molecule has 3 heterocycles. The van der Waals surface area contributed by atoms with E-state index in [0.717, 1.165) is 0 Å². The van der Waals surface area contributed by atoms with Crippen LogP contribution in [0.3, 0.4) is 0 Å². The second kappa shape index (κ2) is 8.61. The largest absolute Gasteiger partial charge is 0.388 e. The number of hydrogen-bond donors (Lipinski definition) is 3. The number of alkyl halides is 2. The lowest BCUT2D eigenvalue weighted by Gasteiger charge is -2.47. The highest BCUT2D eigenvalue weighted by atomic mass is 19.3. The van der Waals surface area contributed by atoms with Gasteiger partial charge in [0.15, 0.2) is 5.65 Å². The number of piperazine rings is 1. The number of carbonyl (C=O) groups excluding carboxylic acids is 2. The van der Waals surface area contributed by atoms with Crippen LogP contribution in [0.4, 0.5) is 14.6 Å². The zero-order valence-corrected chi connectivity index (χ0v) is 19.4. The molecule has 2 amide bonds. The van der Waals surface area contributed by atoms with Crippen molar-refractivity contribution in [3.63, 3.8) is 0 Å². The van der Waals surface area contributed by atoms with Gasteiger partial charge < -0.3 is 25.2 Å². The lowest BCUT2D eigenvalue weighted by atomic mass is 9.82. The quantitative estimate of drug-likeness (QED) is 0.571. The standard InChI is InChI=1S/C23H30F2N6O3/c1-4-17(32)31-10-9-30(14-21(31,2)3)16-12-27-19-18(29-16)15(11-26-19)20(33)28-13-22(34)5-7-23(24,25)8-6-22/h4,11-12,34H,1,5-10,13-14H2,2-3H3,(H,26,27)(H,28,33). The van der Waals surface area contributed by atoms with Crippen molar-refractivity contribution in [2.24, 2.45) is 0 Å². The molecule has 0 radical (unpaired) electrons. The first-order valence-electron chi connectivity index (χ1n) is 11.3. The van der Waals surface area contributed by atoms with E-state index in [2.05, 4.69) is 26.8 Å². The fourth-order valence-corrected chi connectivity index (χ4v) is 4.67. The van der Waals surface area contributed by atoms with Gasteiger partial charge in [-0.15, -0.1) is 0 Å². The van der Waals surface area contributed by atoms with Crippen molar-refractivity contribution in [2.75, 3.05) is 31.1 Å². The van der Waals surface area contributed by atoms with Crippen LogP contribution in [0.2, 0.25) is 0 Å². The highest BCUT2D eigenvalue weighted by molar-refractivity contribution is 6.04. The summed E-state index contributed by atoms with van der Waals surface area (Å²) in [6, 6.07) is 0. The maximum absolute atomic E-state index is 13.4. The Labute approximate surface area is 196 Å². The molecule has 0 spiro atoms. The van der Waals surface area contributed by atoms with Gasteiger partial charge in [0.1, 0.15) is 11.3 Å². The monoisotopic (exact) mass is 476 g/mol. The second-order valence-corrected chi connectivity index (χ2v) is 9.82. The molecular weight excluding hydrogens is 446 g/mol. The van der Waals surface area contributed by atoms with E-state index in [1.54, 1.807) is 11.1 Å². The van der Waals surface area contributed by atoms with Crippen molar-refractivity contribution in [1.29, 1.82) is 0 Å². The maximum Gasteiger partial charge on any atom is 0.255 e. The third kappa shape index (κ3) is 4.75. The summed E-state index contributed by atoms with van der Waals surface area (Å²) in [6.07, 6.45) is 3.47. The molecule has 1 aliphatic carbocycles. The van der Waals surface area contributed by atoms with Gasteiger partial charge in [-0.1, -0.05) is 6.58 Å². The topological polar surface area (TPSA) is 114 Å². The Morgan fingerprint density at radius 3 is 2.62 bits per heavy atom. The molecule has 2 fully saturated rings. The number of nitrogens with zero attached hydrogens (tertiary/aromatic N) is 4. The molecule has 0 atom stereocenters. The van der Waals surface area contributed by atoms with E-state index in [9.17, 15) is 23.5 Å². The van der Waals surface area contributed by atoms with Gasteiger partial charge >= 0.3 is 0 Å². The zero-order chi connectivity index (χ0) is 24.7. The number of H-pyrrole nitrogens is 1. The molecule has 2 aromatic heterocycles. The fraction of sp³-hybridized carbons (Fsp3) is 0.565.